The van der Waals surface area contributed by atoms with Gasteiger partial charge >= 0.3 is 0 Å². The van der Waals surface area contributed by atoms with E-state index in [4.69, 9.17) is 4.74 Å². The second-order valence-corrected chi connectivity index (χ2v) is 8.52. The molecule has 0 aliphatic carbocycles. The van der Waals surface area contributed by atoms with E-state index in [9.17, 15) is 14.0 Å². The third-order valence-corrected chi connectivity index (χ3v) is 5.07. The maximum Gasteiger partial charge on any atom is 0.243 e. The number of hydrogen-bond acceptors (Lipinski definition) is 3. The van der Waals surface area contributed by atoms with Crippen molar-refractivity contribution in [2.24, 2.45) is 5.92 Å². The largest absolute Gasteiger partial charge is 0.379 e. The van der Waals surface area contributed by atoms with Gasteiger partial charge in [0.05, 0.1) is 6.10 Å². The van der Waals surface area contributed by atoms with Crippen molar-refractivity contribution in [2.75, 3.05) is 13.2 Å². The van der Waals surface area contributed by atoms with E-state index in [1.54, 1.807) is 17.0 Å². The minimum atomic E-state index is -0.677. The van der Waals surface area contributed by atoms with Gasteiger partial charge in [-0.2, -0.15) is 0 Å². The number of hydrogen-bond donors (Lipinski definition) is 1. The Kier molecular flexibility index (Phi) is 10.3. The van der Waals surface area contributed by atoms with Gasteiger partial charge in [0.25, 0.3) is 0 Å². The summed E-state index contributed by atoms with van der Waals surface area (Å²) in [4.78, 5) is 28.0. The van der Waals surface area contributed by atoms with Crippen LogP contribution in [0.3, 0.4) is 0 Å². The molecule has 0 unspecified atom stereocenters. The molecular weight excluding hydrogens is 407 g/mol. The summed E-state index contributed by atoms with van der Waals surface area (Å²) in [5.41, 5.74) is 1.74. The molecule has 0 heterocycles. The zero-order valence-corrected chi connectivity index (χ0v) is 19.5. The van der Waals surface area contributed by atoms with Crippen LogP contribution in [0.4, 0.5) is 4.39 Å². The van der Waals surface area contributed by atoms with Gasteiger partial charge in [0.1, 0.15) is 11.9 Å². The lowest BCUT2D eigenvalue weighted by Crippen LogP contribution is -2.51. The summed E-state index contributed by atoms with van der Waals surface area (Å²) < 4.78 is 18.9. The molecule has 2 amide bonds. The number of nitrogens with one attached hydrogen (secondary N) is 1. The van der Waals surface area contributed by atoms with Gasteiger partial charge in [-0.05, 0) is 43.5 Å². The number of halogens is 1. The first-order chi connectivity index (χ1) is 15.3. The lowest BCUT2D eigenvalue weighted by Gasteiger charge is -2.33. The SMILES string of the molecule is CC(C)OCCCNC(=O)[C@H](Cc1ccccc1)N(Cc1ccc(F)cc1)C(=O)C(C)C. The quantitative estimate of drug-likeness (QED) is 0.497. The van der Waals surface area contributed by atoms with Crippen molar-refractivity contribution in [3.8, 4) is 0 Å². The Morgan fingerprint density at radius 2 is 1.62 bits per heavy atom. The molecule has 0 aromatic heterocycles. The molecule has 0 saturated heterocycles. The average molecular weight is 443 g/mol. The highest BCUT2D eigenvalue weighted by atomic mass is 19.1. The maximum absolute atomic E-state index is 13.4. The molecule has 0 spiro atoms. The van der Waals surface area contributed by atoms with Gasteiger partial charge in [0.15, 0.2) is 0 Å². The highest BCUT2D eigenvalue weighted by Gasteiger charge is 2.31. The highest BCUT2D eigenvalue weighted by Crippen LogP contribution is 2.17. The molecule has 2 rings (SSSR count). The predicted molar refractivity (Wildman–Crippen MR) is 124 cm³/mol. The van der Waals surface area contributed by atoms with Crippen molar-refractivity contribution in [2.45, 2.75) is 59.2 Å². The second kappa shape index (κ2) is 13.0. The molecule has 1 N–H and O–H groups in total. The second-order valence-electron chi connectivity index (χ2n) is 8.52. The van der Waals surface area contributed by atoms with Crippen LogP contribution in [0.25, 0.3) is 0 Å². The number of rotatable bonds is 12. The molecule has 0 radical (unpaired) electrons. The normalized spacial score (nSPS) is 12.1. The first-order valence-electron chi connectivity index (χ1n) is 11.3. The summed E-state index contributed by atoms with van der Waals surface area (Å²) >= 11 is 0. The molecule has 0 saturated carbocycles. The van der Waals surface area contributed by atoms with Crippen molar-refractivity contribution in [1.82, 2.24) is 10.2 Å². The van der Waals surface area contributed by atoms with Gasteiger partial charge in [-0.25, -0.2) is 4.39 Å². The Morgan fingerprint density at radius 3 is 2.22 bits per heavy atom. The molecule has 1 atom stereocenters. The van der Waals surface area contributed by atoms with Gasteiger partial charge in [-0.3, -0.25) is 9.59 Å². The fourth-order valence-corrected chi connectivity index (χ4v) is 3.36. The van der Waals surface area contributed by atoms with E-state index < -0.39 is 6.04 Å². The predicted octanol–water partition coefficient (Wildman–Crippen LogP) is 4.35. The van der Waals surface area contributed by atoms with Crippen LogP contribution in [0.5, 0.6) is 0 Å². The van der Waals surface area contributed by atoms with Gasteiger partial charge in [-0.1, -0.05) is 56.3 Å². The molecule has 0 bridgehead atoms. The Bertz CT molecular complexity index is 838. The Morgan fingerprint density at radius 1 is 0.969 bits per heavy atom. The molecule has 0 aliphatic rings. The average Bonchev–Trinajstić information content (AvgIpc) is 2.77. The first-order valence-corrected chi connectivity index (χ1v) is 11.3. The topological polar surface area (TPSA) is 58.6 Å². The van der Waals surface area contributed by atoms with Crippen molar-refractivity contribution in [3.05, 3.63) is 71.5 Å². The zero-order valence-electron chi connectivity index (χ0n) is 19.5. The summed E-state index contributed by atoms with van der Waals surface area (Å²) in [5, 5.41) is 2.97. The lowest BCUT2D eigenvalue weighted by molar-refractivity contribution is -0.143. The maximum atomic E-state index is 13.4. The minimum Gasteiger partial charge on any atom is -0.379 e. The van der Waals surface area contributed by atoms with Crippen LogP contribution in [0.15, 0.2) is 54.6 Å². The summed E-state index contributed by atoms with van der Waals surface area (Å²) in [6.07, 6.45) is 1.23. The van der Waals surface area contributed by atoms with Crippen LogP contribution < -0.4 is 5.32 Å². The summed E-state index contributed by atoms with van der Waals surface area (Å²) in [7, 11) is 0. The molecule has 174 valence electrons. The van der Waals surface area contributed by atoms with E-state index in [0.29, 0.717) is 26.0 Å². The molecule has 0 aliphatic heterocycles. The van der Waals surface area contributed by atoms with E-state index in [1.165, 1.54) is 12.1 Å². The van der Waals surface area contributed by atoms with Crippen LogP contribution in [0.2, 0.25) is 0 Å². The number of amides is 2. The summed E-state index contributed by atoms with van der Waals surface area (Å²) in [6, 6.07) is 15.0. The van der Waals surface area contributed by atoms with Gasteiger partial charge in [-0.15, -0.1) is 0 Å². The fraction of sp³-hybridized carbons (Fsp3) is 0.462. The monoisotopic (exact) mass is 442 g/mol. The third kappa shape index (κ3) is 8.42. The smallest absolute Gasteiger partial charge is 0.243 e. The Balaban J connectivity index is 2.23. The first kappa shape index (κ1) is 25.5. The van der Waals surface area contributed by atoms with E-state index in [2.05, 4.69) is 5.32 Å². The van der Waals surface area contributed by atoms with Crippen molar-refractivity contribution in [1.29, 1.82) is 0 Å². The van der Waals surface area contributed by atoms with Crippen molar-refractivity contribution < 1.29 is 18.7 Å². The van der Waals surface area contributed by atoms with E-state index in [-0.39, 0.29) is 36.2 Å². The standard InChI is InChI=1S/C26H35FN2O3/c1-19(2)26(31)29(18-22-11-13-23(27)14-12-22)24(17-21-9-6-5-7-10-21)25(30)28-15-8-16-32-20(3)4/h5-7,9-14,19-20,24H,8,15-18H2,1-4H3,(H,28,30)/t24-/m0/s1. The molecule has 5 nitrogen and oxygen atoms in total. The van der Waals surface area contributed by atoms with Gasteiger partial charge < -0.3 is 15.0 Å². The molecular formula is C26H35FN2O3. The van der Waals surface area contributed by atoms with Crippen molar-refractivity contribution in [3.63, 3.8) is 0 Å². The fourth-order valence-electron chi connectivity index (χ4n) is 3.36. The Hall–Kier alpha value is -2.73. The third-order valence-electron chi connectivity index (χ3n) is 5.07. The van der Waals surface area contributed by atoms with E-state index >= 15 is 0 Å². The van der Waals surface area contributed by atoms with E-state index in [0.717, 1.165) is 11.1 Å². The minimum absolute atomic E-state index is 0.117. The number of nitrogens with zero attached hydrogens (tertiary/aromatic N) is 1. The number of carbonyl (C=O) groups excluding carboxylic acids is 2. The summed E-state index contributed by atoms with van der Waals surface area (Å²) in [5.74, 6) is -0.929. The lowest BCUT2D eigenvalue weighted by atomic mass is 10.0. The number of carbonyl (C=O) groups is 2. The van der Waals surface area contributed by atoms with Crippen LogP contribution in [-0.2, 0) is 27.3 Å². The number of benzene rings is 2. The zero-order chi connectivity index (χ0) is 23.5. The van der Waals surface area contributed by atoms with Gasteiger partial charge in [0.2, 0.25) is 11.8 Å². The summed E-state index contributed by atoms with van der Waals surface area (Å²) in [6.45, 7) is 8.85. The van der Waals surface area contributed by atoms with Gasteiger partial charge in [0, 0.05) is 32.0 Å². The molecule has 6 heteroatoms. The number of ether oxygens (including phenoxy) is 1. The molecule has 2 aromatic rings. The Labute approximate surface area is 191 Å². The van der Waals surface area contributed by atoms with Crippen LogP contribution in [0, 0.1) is 11.7 Å². The van der Waals surface area contributed by atoms with Crippen molar-refractivity contribution >= 4 is 11.8 Å². The molecule has 0 fully saturated rings. The molecule has 2 aromatic carbocycles. The molecule has 32 heavy (non-hydrogen) atoms. The van der Waals surface area contributed by atoms with Crippen LogP contribution >= 0.6 is 0 Å². The van der Waals surface area contributed by atoms with E-state index in [1.807, 2.05) is 58.0 Å². The highest BCUT2D eigenvalue weighted by molar-refractivity contribution is 5.88. The van der Waals surface area contributed by atoms with Crippen LogP contribution in [0.1, 0.15) is 45.2 Å². The van der Waals surface area contributed by atoms with Crippen LogP contribution in [-0.4, -0.2) is 42.0 Å².